The zero-order valence-electron chi connectivity index (χ0n) is 12.8. The second-order valence-corrected chi connectivity index (χ2v) is 5.36. The molecule has 0 aromatic heterocycles. The molecule has 0 saturated carbocycles. The summed E-state index contributed by atoms with van der Waals surface area (Å²) < 4.78 is 43.0. The van der Waals surface area contributed by atoms with Crippen molar-refractivity contribution in [3.8, 4) is 5.75 Å². The summed E-state index contributed by atoms with van der Waals surface area (Å²) in [6, 6.07) is 12.0. The van der Waals surface area contributed by atoms with E-state index in [9.17, 15) is 18.3 Å². The van der Waals surface area contributed by atoms with Crippen LogP contribution in [-0.4, -0.2) is 5.11 Å². The number of hydrogen-bond donors (Lipinski definition) is 1. The summed E-state index contributed by atoms with van der Waals surface area (Å²) >= 11 is 0. The molecule has 1 unspecified atom stereocenters. The second-order valence-electron chi connectivity index (χ2n) is 5.36. The smallest absolute Gasteiger partial charge is 0.416 e. The third-order valence-corrected chi connectivity index (χ3v) is 3.51. The van der Waals surface area contributed by atoms with Crippen molar-refractivity contribution in [3.05, 3.63) is 65.2 Å². The van der Waals surface area contributed by atoms with Crippen molar-refractivity contribution in [3.63, 3.8) is 0 Å². The maximum atomic E-state index is 12.5. The molecule has 23 heavy (non-hydrogen) atoms. The Balaban J connectivity index is 1.93. The van der Waals surface area contributed by atoms with Gasteiger partial charge in [-0.15, -0.1) is 0 Å². The zero-order chi connectivity index (χ0) is 16.9. The fraction of sp³-hybridized carbons (Fsp3) is 0.333. The Hall–Kier alpha value is -2.01. The maximum Gasteiger partial charge on any atom is 0.416 e. The number of ether oxygens (including phenoxy) is 1. The monoisotopic (exact) mass is 324 g/mol. The van der Waals surface area contributed by atoms with Crippen molar-refractivity contribution in [2.45, 2.75) is 38.7 Å². The minimum atomic E-state index is -4.32. The van der Waals surface area contributed by atoms with Crippen LogP contribution in [0.25, 0.3) is 0 Å². The van der Waals surface area contributed by atoms with E-state index in [-0.39, 0.29) is 6.61 Å². The molecule has 0 aliphatic heterocycles. The zero-order valence-corrected chi connectivity index (χ0v) is 12.8. The van der Waals surface area contributed by atoms with Gasteiger partial charge in [-0.05, 0) is 41.8 Å². The van der Waals surface area contributed by atoms with Crippen molar-refractivity contribution < 1.29 is 23.0 Å². The fourth-order valence-electron chi connectivity index (χ4n) is 2.18. The summed E-state index contributed by atoms with van der Waals surface area (Å²) in [5, 5.41) is 9.88. The summed E-state index contributed by atoms with van der Waals surface area (Å²) in [5.74, 6) is 0.609. The molecule has 0 spiro atoms. The predicted octanol–water partition coefficient (Wildman–Crippen LogP) is 5.12. The van der Waals surface area contributed by atoms with Crippen LogP contribution >= 0.6 is 0 Å². The van der Waals surface area contributed by atoms with Crippen LogP contribution in [0.3, 0.4) is 0 Å². The number of rotatable bonds is 6. The van der Waals surface area contributed by atoms with Gasteiger partial charge in [0, 0.05) is 0 Å². The SMILES string of the molecule is CCCC(O)c1ccc(OCc2ccc(C(F)(F)F)cc2)cc1. The van der Waals surface area contributed by atoms with Crippen LogP contribution < -0.4 is 4.74 Å². The Bertz CT molecular complexity index is 604. The van der Waals surface area contributed by atoms with E-state index >= 15 is 0 Å². The fourth-order valence-corrected chi connectivity index (χ4v) is 2.18. The highest BCUT2D eigenvalue weighted by Gasteiger charge is 2.29. The van der Waals surface area contributed by atoms with Crippen LogP contribution in [0.4, 0.5) is 13.2 Å². The van der Waals surface area contributed by atoms with Gasteiger partial charge < -0.3 is 9.84 Å². The molecule has 2 rings (SSSR count). The number of alkyl halides is 3. The van der Waals surface area contributed by atoms with E-state index in [2.05, 4.69) is 0 Å². The van der Waals surface area contributed by atoms with Crippen molar-refractivity contribution in [1.82, 2.24) is 0 Å². The van der Waals surface area contributed by atoms with E-state index in [1.165, 1.54) is 12.1 Å². The number of benzene rings is 2. The Morgan fingerprint density at radius 3 is 2.13 bits per heavy atom. The Morgan fingerprint density at radius 1 is 1.00 bits per heavy atom. The van der Waals surface area contributed by atoms with Crippen LogP contribution in [0.5, 0.6) is 5.75 Å². The number of hydrogen-bond acceptors (Lipinski definition) is 2. The summed E-state index contributed by atoms with van der Waals surface area (Å²) in [6.07, 6.45) is -3.21. The summed E-state index contributed by atoms with van der Waals surface area (Å²) in [6.45, 7) is 2.19. The van der Waals surface area contributed by atoms with Gasteiger partial charge >= 0.3 is 6.18 Å². The van der Waals surface area contributed by atoms with Gasteiger partial charge in [0.25, 0.3) is 0 Å². The molecule has 2 aromatic carbocycles. The molecule has 0 bridgehead atoms. The number of halogens is 3. The molecule has 2 aromatic rings. The number of aliphatic hydroxyl groups excluding tert-OH is 1. The van der Waals surface area contributed by atoms with Gasteiger partial charge in [0.1, 0.15) is 12.4 Å². The van der Waals surface area contributed by atoms with Crippen LogP contribution in [-0.2, 0) is 12.8 Å². The Morgan fingerprint density at radius 2 is 1.61 bits per heavy atom. The van der Waals surface area contributed by atoms with Gasteiger partial charge in [-0.25, -0.2) is 0 Å². The minimum absolute atomic E-state index is 0.189. The standard InChI is InChI=1S/C18H19F3O2/c1-2-3-17(22)14-6-10-16(11-7-14)23-12-13-4-8-15(9-5-13)18(19,20)21/h4-11,17,22H,2-3,12H2,1H3. The Kier molecular flexibility index (Phi) is 5.66. The van der Waals surface area contributed by atoms with Crippen molar-refractivity contribution in [2.24, 2.45) is 0 Å². The van der Waals surface area contributed by atoms with E-state index in [4.69, 9.17) is 4.74 Å². The lowest BCUT2D eigenvalue weighted by Gasteiger charge is -2.12. The molecule has 2 nitrogen and oxygen atoms in total. The molecule has 0 saturated heterocycles. The molecule has 124 valence electrons. The molecule has 0 aliphatic carbocycles. The van der Waals surface area contributed by atoms with Crippen LogP contribution in [0.15, 0.2) is 48.5 Å². The second kappa shape index (κ2) is 7.51. The first-order valence-electron chi connectivity index (χ1n) is 7.47. The highest BCUT2D eigenvalue weighted by molar-refractivity contribution is 5.29. The van der Waals surface area contributed by atoms with Crippen molar-refractivity contribution in [1.29, 1.82) is 0 Å². The van der Waals surface area contributed by atoms with E-state index in [1.807, 2.05) is 6.92 Å². The molecular formula is C18H19F3O2. The van der Waals surface area contributed by atoms with Gasteiger partial charge in [0.2, 0.25) is 0 Å². The summed E-state index contributed by atoms with van der Waals surface area (Å²) in [4.78, 5) is 0. The molecule has 0 aliphatic rings. The quantitative estimate of drug-likeness (QED) is 0.799. The first kappa shape index (κ1) is 17.3. The molecule has 0 heterocycles. The van der Waals surface area contributed by atoms with Gasteiger partial charge in [-0.3, -0.25) is 0 Å². The van der Waals surface area contributed by atoms with E-state index < -0.39 is 17.8 Å². The highest BCUT2D eigenvalue weighted by Crippen LogP contribution is 2.29. The molecule has 0 amide bonds. The third-order valence-electron chi connectivity index (χ3n) is 3.51. The first-order chi connectivity index (χ1) is 10.9. The van der Waals surface area contributed by atoms with Crippen molar-refractivity contribution in [2.75, 3.05) is 0 Å². The predicted molar refractivity (Wildman–Crippen MR) is 82.1 cm³/mol. The van der Waals surface area contributed by atoms with Crippen LogP contribution in [0.1, 0.15) is 42.6 Å². The molecular weight excluding hydrogens is 305 g/mol. The lowest BCUT2D eigenvalue weighted by molar-refractivity contribution is -0.137. The van der Waals surface area contributed by atoms with Crippen molar-refractivity contribution >= 4 is 0 Å². The van der Waals surface area contributed by atoms with Crippen LogP contribution in [0.2, 0.25) is 0 Å². The van der Waals surface area contributed by atoms with Gasteiger partial charge in [0.15, 0.2) is 0 Å². The van der Waals surface area contributed by atoms with E-state index in [1.54, 1.807) is 24.3 Å². The normalized spacial score (nSPS) is 12.9. The van der Waals surface area contributed by atoms with E-state index in [0.29, 0.717) is 17.7 Å². The first-order valence-corrected chi connectivity index (χ1v) is 7.47. The highest BCUT2D eigenvalue weighted by atomic mass is 19.4. The lowest BCUT2D eigenvalue weighted by Crippen LogP contribution is -2.05. The summed E-state index contributed by atoms with van der Waals surface area (Å²) in [7, 11) is 0. The average molecular weight is 324 g/mol. The molecule has 0 radical (unpaired) electrons. The number of aliphatic hydroxyl groups is 1. The van der Waals surface area contributed by atoms with Gasteiger partial charge in [-0.1, -0.05) is 37.6 Å². The molecule has 1 atom stereocenters. The molecule has 1 N–H and O–H groups in total. The van der Waals surface area contributed by atoms with Crippen LogP contribution in [0, 0.1) is 0 Å². The van der Waals surface area contributed by atoms with Gasteiger partial charge in [-0.2, -0.15) is 13.2 Å². The average Bonchev–Trinajstić information content (AvgIpc) is 2.53. The minimum Gasteiger partial charge on any atom is -0.489 e. The lowest BCUT2D eigenvalue weighted by atomic mass is 10.1. The third kappa shape index (κ3) is 4.99. The molecule has 0 fully saturated rings. The summed E-state index contributed by atoms with van der Waals surface area (Å²) in [5.41, 5.74) is 0.817. The van der Waals surface area contributed by atoms with Gasteiger partial charge in [0.05, 0.1) is 11.7 Å². The Labute approximate surface area is 133 Å². The largest absolute Gasteiger partial charge is 0.489 e. The van der Waals surface area contributed by atoms with E-state index in [0.717, 1.165) is 24.1 Å². The molecule has 5 heteroatoms. The maximum absolute atomic E-state index is 12.5. The topological polar surface area (TPSA) is 29.5 Å².